The monoisotopic (exact) mass is 202 g/mol. The van der Waals surface area contributed by atoms with Crippen molar-refractivity contribution in [2.75, 3.05) is 11.5 Å². The zero-order valence-electron chi connectivity index (χ0n) is 7.41. The quantitative estimate of drug-likeness (QED) is 0.626. The Hall–Kier alpha value is -0.710. The van der Waals surface area contributed by atoms with Gasteiger partial charge in [0.05, 0.1) is 0 Å². The Kier molecular flexibility index (Phi) is 4.08. The van der Waals surface area contributed by atoms with Gasteiger partial charge in [-0.3, -0.25) is 9.59 Å². The highest BCUT2D eigenvalue weighted by Gasteiger charge is 2.16. The van der Waals surface area contributed by atoms with E-state index in [2.05, 4.69) is 5.32 Å². The minimum absolute atomic E-state index is 0.191. The molecular formula is C8H14N2O2S. The van der Waals surface area contributed by atoms with Crippen LogP contribution in [0.5, 0.6) is 0 Å². The molecule has 1 aliphatic heterocycles. The molecule has 0 radical (unpaired) electrons. The van der Waals surface area contributed by atoms with Gasteiger partial charge in [-0.05, 0) is 24.3 Å². The molecule has 0 bridgehead atoms. The summed E-state index contributed by atoms with van der Waals surface area (Å²) in [7, 11) is 0. The van der Waals surface area contributed by atoms with Gasteiger partial charge in [-0.1, -0.05) is 0 Å². The Bertz CT molecular complexity index is 202. The van der Waals surface area contributed by atoms with E-state index in [-0.39, 0.29) is 18.4 Å². The summed E-state index contributed by atoms with van der Waals surface area (Å²) in [5, 5.41) is 2.80. The lowest BCUT2D eigenvalue weighted by molar-refractivity contribution is -0.128. The molecule has 0 unspecified atom stereocenters. The maximum atomic E-state index is 11.1. The van der Waals surface area contributed by atoms with Crippen LogP contribution in [0.4, 0.5) is 0 Å². The van der Waals surface area contributed by atoms with Gasteiger partial charge in [0.15, 0.2) is 0 Å². The third-order valence-electron chi connectivity index (χ3n) is 1.92. The van der Waals surface area contributed by atoms with Crippen molar-refractivity contribution in [1.82, 2.24) is 5.32 Å². The number of rotatable bonds is 3. The van der Waals surface area contributed by atoms with Gasteiger partial charge in [-0.25, -0.2) is 0 Å². The van der Waals surface area contributed by atoms with Gasteiger partial charge in [0.25, 0.3) is 0 Å². The number of amides is 2. The zero-order chi connectivity index (χ0) is 9.68. The number of carbonyl (C=O) groups is 2. The lowest BCUT2D eigenvalue weighted by atomic mass is 10.1. The van der Waals surface area contributed by atoms with Crippen molar-refractivity contribution in [3.63, 3.8) is 0 Å². The molecule has 0 spiro atoms. The molecule has 0 atom stereocenters. The lowest BCUT2D eigenvalue weighted by Crippen LogP contribution is -2.39. The standard InChI is InChI=1S/C8H14N2O2S/c9-7(11)5-8(12)10-6-1-3-13-4-2-6/h6H,1-5H2,(H2,9,11)(H,10,12). The first-order valence-corrected chi connectivity index (χ1v) is 5.49. The Morgan fingerprint density at radius 3 is 2.54 bits per heavy atom. The Balaban J connectivity index is 2.22. The molecule has 0 aliphatic carbocycles. The highest BCUT2D eigenvalue weighted by molar-refractivity contribution is 7.99. The molecule has 2 amide bonds. The molecule has 1 heterocycles. The van der Waals surface area contributed by atoms with Gasteiger partial charge in [0.1, 0.15) is 6.42 Å². The normalized spacial score (nSPS) is 18.2. The molecule has 4 nitrogen and oxygen atoms in total. The van der Waals surface area contributed by atoms with Gasteiger partial charge < -0.3 is 11.1 Å². The highest BCUT2D eigenvalue weighted by atomic mass is 32.2. The van der Waals surface area contributed by atoms with Crippen LogP contribution in [0.2, 0.25) is 0 Å². The van der Waals surface area contributed by atoms with Crippen molar-refractivity contribution in [3.8, 4) is 0 Å². The highest BCUT2D eigenvalue weighted by Crippen LogP contribution is 2.16. The van der Waals surface area contributed by atoms with Crippen molar-refractivity contribution in [2.45, 2.75) is 25.3 Å². The number of carbonyl (C=O) groups excluding carboxylic acids is 2. The summed E-state index contributed by atoms with van der Waals surface area (Å²) in [4.78, 5) is 21.5. The predicted molar refractivity (Wildman–Crippen MR) is 52.3 cm³/mol. The maximum absolute atomic E-state index is 11.1. The van der Waals surface area contributed by atoms with Gasteiger partial charge in [-0.2, -0.15) is 11.8 Å². The molecule has 1 aliphatic rings. The maximum Gasteiger partial charge on any atom is 0.229 e. The van der Waals surface area contributed by atoms with Crippen LogP contribution < -0.4 is 11.1 Å². The molecule has 74 valence electrons. The van der Waals surface area contributed by atoms with E-state index in [0.717, 1.165) is 24.3 Å². The molecule has 0 aromatic rings. The van der Waals surface area contributed by atoms with Crippen LogP contribution in [0, 0.1) is 0 Å². The first-order chi connectivity index (χ1) is 6.18. The van der Waals surface area contributed by atoms with Crippen LogP contribution >= 0.6 is 11.8 Å². The summed E-state index contributed by atoms with van der Waals surface area (Å²) >= 11 is 1.90. The Morgan fingerprint density at radius 2 is 2.00 bits per heavy atom. The number of hydrogen-bond acceptors (Lipinski definition) is 3. The number of primary amides is 1. The topological polar surface area (TPSA) is 72.2 Å². The van der Waals surface area contributed by atoms with Crippen molar-refractivity contribution >= 4 is 23.6 Å². The van der Waals surface area contributed by atoms with Gasteiger partial charge in [-0.15, -0.1) is 0 Å². The molecule has 13 heavy (non-hydrogen) atoms. The summed E-state index contributed by atoms with van der Waals surface area (Å²) in [5.41, 5.74) is 4.89. The average molecular weight is 202 g/mol. The molecule has 0 aromatic heterocycles. The second kappa shape index (κ2) is 5.11. The second-order valence-electron chi connectivity index (χ2n) is 3.10. The number of hydrogen-bond donors (Lipinski definition) is 2. The Labute approximate surface area is 81.6 Å². The smallest absolute Gasteiger partial charge is 0.229 e. The lowest BCUT2D eigenvalue weighted by Gasteiger charge is -2.22. The van der Waals surface area contributed by atoms with Crippen LogP contribution in [0.15, 0.2) is 0 Å². The summed E-state index contributed by atoms with van der Waals surface area (Å²) in [5.74, 6) is 1.36. The minimum atomic E-state index is -0.567. The average Bonchev–Trinajstić information content (AvgIpc) is 2.04. The SMILES string of the molecule is NC(=O)CC(=O)NC1CCSCC1. The summed E-state index contributed by atoms with van der Waals surface area (Å²) in [6.07, 6.45) is 1.80. The van der Waals surface area contributed by atoms with E-state index in [1.807, 2.05) is 11.8 Å². The van der Waals surface area contributed by atoms with Crippen molar-refractivity contribution in [2.24, 2.45) is 5.73 Å². The fourth-order valence-electron chi connectivity index (χ4n) is 1.28. The summed E-state index contributed by atoms with van der Waals surface area (Å²) in [6, 6.07) is 0.244. The van der Waals surface area contributed by atoms with E-state index < -0.39 is 5.91 Å². The summed E-state index contributed by atoms with van der Waals surface area (Å²) < 4.78 is 0. The molecule has 0 aromatic carbocycles. The molecule has 5 heteroatoms. The summed E-state index contributed by atoms with van der Waals surface area (Å²) in [6.45, 7) is 0. The van der Waals surface area contributed by atoms with E-state index in [4.69, 9.17) is 5.73 Å². The molecule has 1 saturated heterocycles. The molecule has 3 N–H and O–H groups in total. The van der Waals surface area contributed by atoms with Gasteiger partial charge in [0, 0.05) is 6.04 Å². The Morgan fingerprint density at radius 1 is 1.38 bits per heavy atom. The van der Waals surface area contributed by atoms with Crippen LogP contribution in [-0.4, -0.2) is 29.4 Å². The fourth-order valence-corrected chi connectivity index (χ4v) is 2.39. The first kappa shape index (κ1) is 10.4. The first-order valence-electron chi connectivity index (χ1n) is 4.34. The number of nitrogens with two attached hydrogens (primary N) is 1. The zero-order valence-corrected chi connectivity index (χ0v) is 8.23. The third kappa shape index (κ3) is 4.17. The minimum Gasteiger partial charge on any atom is -0.369 e. The van der Waals surface area contributed by atoms with Crippen LogP contribution in [-0.2, 0) is 9.59 Å². The van der Waals surface area contributed by atoms with Crippen LogP contribution in [0.1, 0.15) is 19.3 Å². The van der Waals surface area contributed by atoms with Gasteiger partial charge in [0.2, 0.25) is 11.8 Å². The molecule has 0 saturated carbocycles. The van der Waals surface area contributed by atoms with E-state index in [1.54, 1.807) is 0 Å². The fraction of sp³-hybridized carbons (Fsp3) is 0.750. The number of thioether (sulfide) groups is 1. The largest absolute Gasteiger partial charge is 0.369 e. The predicted octanol–water partition coefficient (Wildman–Crippen LogP) is -0.126. The van der Waals surface area contributed by atoms with Gasteiger partial charge >= 0.3 is 0 Å². The van der Waals surface area contributed by atoms with E-state index in [9.17, 15) is 9.59 Å². The number of nitrogens with one attached hydrogen (secondary N) is 1. The van der Waals surface area contributed by atoms with E-state index in [1.165, 1.54) is 0 Å². The van der Waals surface area contributed by atoms with E-state index >= 15 is 0 Å². The molecular weight excluding hydrogens is 188 g/mol. The third-order valence-corrected chi connectivity index (χ3v) is 2.97. The molecule has 1 fully saturated rings. The van der Waals surface area contributed by atoms with Crippen LogP contribution in [0.25, 0.3) is 0 Å². The second-order valence-corrected chi connectivity index (χ2v) is 4.32. The van der Waals surface area contributed by atoms with E-state index in [0.29, 0.717) is 0 Å². The van der Waals surface area contributed by atoms with Crippen molar-refractivity contribution in [3.05, 3.63) is 0 Å². The van der Waals surface area contributed by atoms with Crippen molar-refractivity contribution < 1.29 is 9.59 Å². The molecule has 1 rings (SSSR count). The van der Waals surface area contributed by atoms with Crippen molar-refractivity contribution in [1.29, 1.82) is 0 Å². The van der Waals surface area contributed by atoms with Crippen LogP contribution in [0.3, 0.4) is 0 Å².